The molecule has 0 atom stereocenters. The van der Waals surface area contributed by atoms with Gasteiger partial charge in [-0.3, -0.25) is 4.79 Å². The molecule has 0 bridgehead atoms. The van der Waals surface area contributed by atoms with E-state index in [0.29, 0.717) is 11.3 Å². The van der Waals surface area contributed by atoms with Gasteiger partial charge in [0.05, 0.1) is 0 Å². The summed E-state index contributed by atoms with van der Waals surface area (Å²) in [5.74, 6) is -1.87. The Hall–Kier alpha value is -2.56. The maximum absolute atomic E-state index is 13.5. The van der Waals surface area contributed by atoms with E-state index in [-0.39, 0.29) is 5.75 Å². The second-order valence-electron chi connectivity index (χ2n) is 4.09. The van der Waals surface area contributed by atoms with Crippen LogP contribution in [-0.2, 0) is 0 Å². The zero-order chi connectivity index (χ0) is 14.0. The first-order valence-corrected chi connectivity index (χ1v) is 5.57. The average molecular weight is 261 g/mol. The molecule has 3 N–H and O–H groups in total. The van der Waals surface area contributed by atoms with Crippen molar-refractivity contribution in [2.45, 2.75) is 6.92 Å². The number of carbonyl (C=O) groups is 1. The first kappa shape index (κ1) is 12.9. The molecule has 5 heteroatoms. The molecule has 2 aromatic rings. The van der Waals surface area contributed by atoms with Crippen molar-refractivity contribution in [3.8, 4) is 11.5 Å². The van der Waals surface area contributed by atoms with Crippen LogP contribution in [0.15, 0.2) is 36.4 Å². The molecule has 1 amide bonds. The van der Waals surface area contributed by atoms with Gasteiger partial charge in [-0.2, -0.15) is 0 Å². The molecule has 0 aliphatic heterocycles. The number of aromatic hydroxyl groups is 2. The third-order valence-electron chi connectivity index (χ3n) is 2.67. The number of carbonyl (C=O) groups excluding carboxylic acids is 1. The van der Waals surface area contributed by atoms with Crippen molar-refractivity contribution in [1.29, 1.82) is 0 Å². The molecule has 0 fully saturated rings. The number of rotatable bonds is 2. The van der Waals surface area contributed by atoms with Crippen molar-refractivity contribution < 1.29 is 19.4 Å². The van der Waals surface area contributed by atoms with Crippen molar-refractivity contribution in [2.75, 3.05) is 5.32 Å². The van der Waals surface area contributed by atoms with Crippen LogP contribution >= 0.6 is 0 Å². The molecule has 0 aromatic heterocycles. The van der Waals surface area contributed by atoms with Crippen LogP contribution in [0.3, 0.4) is 0 Å². The lowest BCUT2D eigenvalue weighted by Crippen LogP contribution is -2.14. The molecule has 4 nitrogen and oxygen atoms in total. The van der Waals surface area contributed by atoms with Gasteiger partial charge in [-0.15, -0.1) is 0 Å². The molecule has 19 heavy (non-hydrogen) atoms. The highest BCUT2D eigenvalue weighted by Gasteiger charge is 2.16. The maximum Gasteiger partial charge on any atom is 0.262 e. The number of halogens is 1. The lowest BCUT2D eigenvalue weighted by molar-refractivity contribution is 0.102. The zero-order valence-corrected chi connectivity index (χ0v) is 10.1. The molecule has 98 valence electrons. The van der Waals surface area contributed by atoms with Crippen LogP contribution in [0.1, 0.15) is 15.9 Å². The predicted molar refractivity (Wildman–Crippen MR) is 68.9 cm³/mol. The second kappa shape index (κ2) is 4.97. The van der Waals surface area contributed by atoms with Gasteiger partial charge in [-0.1, -0.05) is 6.07 Å². The summed E-state index contributed by atoms with van der Waals surface area (Å²) < 4.78 is 13.5. The summed E-state index contributed by atoms with van der Waals surface area (Å²) >= 11 is 0. The van der Waals surface area contributed by atoms with Gasteiger partial charge in [0.25, 0.3) is 5.91 Å². The monoisotopic (exact) mass is 261 g/mol. The van der Waals surface area contributed by atoms with Crippen molar-refractivity contribution in [3.63, 3.8) is 0 Å². The highest BCUT2D eigenvalue weighted by atomic mass is 19.1. The molecule has 0 aliphatic rings. The average Bonchev–Trinajstić information content (AvgIpc) is 2.33. The van der Waals surface area contributed by atoms with E-state index < -0.39 is 23.0 Å². The van der Waals surface area contributed by atoms with E-state index in [1.54, 1.807) is 13.0 Å². The smallest absolute Gasteiger partial charge is 0.262 e. The summed E-state index contributed by atoms with van der Waals surface area (Å²) in [6.07, 6.45) is 0. The van der Waals surface area contributed by atoms with Crippen molar-refractivity contribution in [3.05, 3.63) is 53.3 Å². The molecule has 0 saturated carbocycles. The van der Waals surface area contributed by atoms with Crippen LogP contribution in [0, 0.1) is 12.7 Å². The quantitative estimate of drug-likeness (QED) is 0.728. The Bertz CT molecular complexity index is 620. The van der Waals surface area contributed by atoms with Gasteiger partial charge in [0.2, 0.25) is 0 Å². The molecule has 0 spiro atoms. The van der Waals surface area contributed by atoms with Crippen LogP contribution in [0.25, 0.3) is 0 Å². The van der Waals surface area contributed by atoms with Crippen molar-refractivity contribution in [1.82, 2.24) is 0 Å². The van der Waals surface area contributed by atoms with Gasteiger partial charge < -0.3 is 15.5 Å². The lowest BCUT2D eigenvalue weighted by Gasteiger charge is -2.09. The molecule has 0 radical (unpaired) electrons. The maximum atomic E-state index is 13.5. The van der Waals surface area contributed by atoms with Crippen LogP contribution < -0.4 is 5.32 Å². The molecule has 2 aromatic carbocycles. The number of nitrogens with one attached hydrogen (secondary N) is 1. The Labute approximate surface area is 109 Å². The van der Waals surface area contributed by atoms with E-state index in [1.807, 2.05) is 0 Å². The molecular weight excluding hydrogens is 249 g/mol. The van der Waals surface area contributed by atoms with Gasteiger partial charge in [0.1, 0.15) is 22.9 Å². The predicted octanol–water partition coefficient (Wildman–Crippen LogP) is 2.80. The van der Waals surface area contributed by atoms with E-state index in [1.165, 1.54) is 24.3 Å². The normalized spacial score (nSPS) is 10.2. The van der Waals surface area contributed by atoms with Gasteiger partial charge in [-0.25, -0.2) is 4.39 Å². The number of hydrogen-bond acceptors (Lipinski definition) is 3. The van der Waals surface area contributed by atoms with E-state index >= 15 is 0 Å². The summed E-state index contributed by atoms with van der Waals surface area (Å²) in [6, 6.07) is 8.10. The van der Waals surface area contributed by atoms with E-state index in [4.69, 9.17) is 0 Å². The minimum Gasteiger partial charge on any atom is -0.508 e. The number of benzene rings is 2. The van der Waals surface area contributed by atoms with E-state index in [2.05, 4.69) is 5.32 Å². The fraction of sp³-hybridized carbons (Fsp3) is 0.0714. The first-order chi connectivity index (χ1) is 8.99. The summed E-state index contributed by atoms with van der Waals surface area (Å²) in [4.78, 5) is 11.9. The number of amides is 1. The largest absolute Gasteiger partial charge is 0.508 e. The van der Waals surface area contributed by atoms with Crippen molar-refractivity contribution in [2.24, 2.45) is 0 Å². The lowest BCUT2D eigenvalue weighted by atomic mass is 10.1. The first-order valence-electron chi connectivity index (χ1n) is 5.57. The molecule has 2 rings (SSSR count). The Morgan fingerprint density at radius 3 is 2.53 bits per heavy atom. The number of phenolic OH excluding ortho intramolecular Hbond substituents is 2. The number of phenols is 2. The summed E-state index contributed by atoms with van der Waals surface area (Å²) in [5, 5.41) is 21.3. The second-order valence-corrected chi connectivity index (χ2v) is 4.09. The fourth-order valence-electron chi connectivity index (χ4n) is 1.66. The summed E-state index contributed by atoms with van der Waals surface area (Å²) in [5.41, 5.74) is 0.576. The zero-order valence-electron chi connectivity index (χ0n) is 10.1. The highest BCUT2D eigenvalue weighted by Crippen LogP contribution is 2.23. The fourth-order valence-corrected chi connectivity index (χ4v) is 1.66. The molecule has 0 aliphatic carbocycles. The number of anilines is 1. The van der Waals surface area contributed by atoms with Crippen LogP contribution in [0.2, 0.25) is 0 Å². The summed E-state index contributed by atoms with van der Waals surface area (Å²) in [6.45, 7) is 1.67. The number of hydrogen-bond donors (Lipinski definition) is 3. The molecule has 0 unspecified atom stereocenters. The third-order valence-corrected chi connectivity index (χ3v) is 2.67. The van der Waals surface area contributed by atoms with Crippen LogP contribution in [0.4, 0.5) is 10.1 Å². The Morgan fingerprint density at radius 2 is 1.89 bits per heavy atom. The van der Waals surface area contributed by atoms with Crippen molar-refractivity contribution >= 4 is 11.6 Å². The molecular formula is C14H12FNO3. The topological polar surface area (TPSA) is 69.6 Å². The summed E-state index contributed by atoms with van der Waals surface area (Å²) in [7, 11) is 0. The number of aryl methyl sites for hydroxylation is 1. The Kier molecular flexibility index (Phi) is 3.37. The Morgan fingerprint density at radius 1 is 1.16 bits per heavy atom. The van der Waals surface area contributed by atoms with Crippen LogP contribution in [-0.4, -0.2) is 16.1 Å². The van der Waals surface area contributed by atoms with Gasteiger partial charge in [0, 0.05) is 5.69 Å². The highest BCUT2D eigenvalue weighted by molar-refractivity contribution is 6.06. The molecule has 0 heterocycles. The van der Waals surface area contributed by atoms with Gasteiger partial charge in [0.15, 0.2) is 0 Å². The van der Waals surface area contributed by atoms with Gasteiger partial charge >= 0.3 is 0 Å². The molecule has 0 saturated heterocycles. The van der Waals surface area contributed by atoms with Gasteiger partial charge in [-0.05, 0) is 42.8 Å². The third kappa shape index (κ3) is 2.65. The minimum atomic E-state index is -0.798. The van der Waals surface area contributed by atoms with Crippen LogP contribution in [0.5, 0.6) is 11.5 Å². The standard InChI is InChI=1S/C14H12FNO3/c1-8-7-9(5-6-11(8)17)16-14(19)13-10(15)3-2-4-12(13)18/h2-7,17-18H,1H3,(H,16,19). The van der Waals surface area contributed by atoms with E-state index in [9.17, 15) is 19.4 Å². The Balaban J connectivity index is 2.28. The SMILES string of the molecule is Cc1cc(NC(=O)c2c(O)cccc2F)ccc1O. The minimum absolute atomic E-state index is 0.103. The van der Waals surface area contributed by atoms with E-state index in [0.717, 1.165) is 6.07 Å².